The topological polar surface area (TPSA) is 45.2 Å². The Labute approximate surface area is 170 Å². The Kier molecular flexibility index (Phi) is 5.84. The number of piperidine rings is 1. The molecule has 1 aliphatic heterocycles. The Balaban J connectivity index is 1.28. The summed E-state index contributed by atoms with van der Waals surface area (Å²) in [6.07, 6.45) is 1.96. The Morgan fingerprint density at radius 1 is 1.11 bits per heavy atom. The molecule has 1 saturated heterocycles. The molecule has 4 rings (SSSR count). The van der Waals surface area contributed by atoms with Crippen LogP contribution in [0.15, 0.2) is 60.0 Å². The molecular weight excluding hydrogens is 366 g/mol. The Morgan fingerprint density at radius 3 is 2.57 bits per heavy atom. The Bertz CT molecular complexity index is 930. The van der Waals surface area contributed by atoms with E-state index in [4.69, 9.17) is 4.98 Å². The molecule has 1 N–H and O–H groups in total. The number of thiazole rings is 1. The van der Waals surface area contributed by atoms with Crippen molar-refractivity contribution in [1.82, 2.24) is 15.2 Å². The van der Waals surface area contributed by atoms with Gasteiger partial charge < -0.3 is 5.32 Å². The van der Waals surface area contributed by atoms with Crippen molar-refractivity contribution in [2.45, 2.75) is 32.4 Å². The van der Waals surface area contributed by atoms with Crippen LogP contribution < -0.4 is 5.32 Å². The molecular formula is C23H25N3OS. The molecule has 4 nitrogen and oxygen atoms in total. The van der Waals surface area contributed by atoms with Crippen LogP contribution >= 0.6 is 11.3 Å². The third-order valence-corrected chi connectivity index (χ3v) is 6.21. The van der Waals surface area contributed by atoms with Crippen molar-refractivity contribution in [3.63, 3.8) is 0 Å². The molecule has 0 spiro atoms. The average molecular weight is 392 g/mol. The first-order valence-electron chi connectivity index (χ1n) is 9.78. The van der Waals surface area contributed by atoms with Gasteiger partial charge >= 0.3 is 0 Å². The van der Waals surface area contributed by atoms with Gasteiger partial charge in [0.1, 0.15) is 5.01 Å². The highest BCUT2D eigenvalue weighted by atomic mass is 32.1. The van der Waals surface area contributed by atoms with E-state index in [2.05, 4.69) is 27.7 Å². The standard InChI is InChI=1S/C23H25N3OS/c1-17-7-5-6-10-21(17)22(27)24-19-11-13-26(14-12-19)15-20-16-28-23(25-20)18-8-3-2-4-9-18/h2-10,16,19H,11-15H2,1H3,(H,24,27). The minimum absolute atomic E-state index is 0.0450. The second-order valence-corrected chi connectivity index (χ2v) is 8.21. The predicted molar refractivity (Wildman–Crippen MR) is 114 cm³/mol. The number of nitrogens with one attached hydrogen (secondary N) is 1. The van der Waals surface area contributed by atoms with Crippen molar-refractivity contribution >= 4 is 17.2 Å². The van der Waals surface area contributed by atoms with Gasteiger partial charge in [-0.1, -0.05) is 48.5 Å². The van der Waals surface area contributed by atoms with Gasteiger partial charge in [-0.15, -0.1) is 11.3 Å². The molecule has 1 aliphatic rings. The highest BCUT2D eigenvalue weighted by Crippen LogP contribution is 2.24. The SMILES string of the molecule is Cc1ccccc1C(=O)NC1CCN(Cc2csc(-c3ccccc3)n2)CC1. The molecule has 0 radical (unpaired) electrons. The van der Waals surface area contributed by atoms with Gasteiger partial charge in [-0.3, -0.25) is 9.69 Å². The van der Waals surface area contributed by atoms with Crippen molar-refractivity contribution in [2.24, 2.45) is 0 Å². The summed E-state index contributed by atoms with van der Waals surface area (Å²) in [7, 11) is 0. The van der Waals surface area contributed by atoms with Crippen LogP contribution in [0.3, 0.4) is 0 Å². The lowest BCUT2D eigenvalue weighted by Crippen LogP contribution is -2.44. The lowest BCUT2D eigenvalue weighted by Gasteiger charge is -2.32. The molecule has 2 aromatic carbocycles. The summed E-state index contributed by atoms with van der Waals surface area (Å²) in [6, 6.07) is 18.3. The lowest BCUT2D eigenvalue weighted by atomic mass is 10.0. The largest absolute Gasteiger partial charge is 0.349 e. The lowest BCUT2D eigenvalue weighted by molar-refractivity contribution is 0.0908. The number of aromatic nitrogens is 1. The number of carbonyl (C=O) groups excluding carboxylic acids is 1. The normalized spacial score (nSPS) is 15.5. The second kappa shape index (κ2) is 8.67. The molecule has 0 unspecified atom stereocenters. The summed E-state index contributed by atoms with van der Waals surface area (Å²) < 4.78 is 0. The van der Waals surface area contributed by atoms with E-state index in [-0.39, 0.29) is 11.9 Å². The van der Waals surface area contributed by atoms with Gasteiger partial charge in [0.2, 0.25) is 0 Å². The number of amides is 1. The van der Waals surface area contributed by atoms with Crippen molar-refractivity contribution < 1.29 is 4.79 Å². The van der Waals surface area contributed by atoms with E-state index in [0.717, 1.165) is 54.3 Å². The fourth-order valence-electron chi connectivity index (χ4n) is 3.65. The maximum Gasteiger partial charge on any atom is 0.251 e. The summed E-state index contributed by atoms with van der Waals surface area (Å²) in [5.41, 5.74) is 4.11. The van der Waals surface area contributed by atoms with E-state index in [1.54, 1.807) is 11.3 Å². The zero-order valence-corrected chi connectivity index (χ0v) is 16.9. The fourth-order valence-corrected chi connectivity index (χ4v) is 4.47. The maximum absolute atomic E-state index is 12.5. The van der Waals surface area contributed by atoms with Gasteiger partial charge in [0.05, 0.1) is 5.69 Å². The number of aryl methyl sites for hydroxylation is 1. The summed E-state index contributed by atoms with van der Waals surface area (Å²) in [5.74, 6) is 0.0450. The van der Waals surface area contributed by atoms with Crippen LogP contribution in [-0.4, -0.2) is 34.9 Å². The molecule has 0 atom stereocenters. The minimum atomic E-state index is 0.0450. The van der Waals surface area contributed by atoms with Gasteiger partial charge in [-0.05, 0) is 31.4 Å². The van der Waals surface area contributed by atoms with E-state index >= 15 is 0 Å². The minimum Gasteiger partial charge on any atom is -0.349 e. The molecule has 28 heavy (non-hydrogen) atoms. The Hall–Kier alpha value is -2.50. The van der Waals surface area contributed by atoms with Crippen LogP contribution in [-0.2, 0) is 6.54 Å². The summed E-state index contributed by atoms with van der Waals surface area (Å²) in [5, 5.41) is 6.45. The van der Waals surface area contributed by atoms with E-state index in [1.165, 1.54) is 5.56 Å². The third-order valence-electron chi connectivity index (χ3n) is 5.27. The molecule has 1 fully saturated rings. The number of rotatable bonds is 5. The second-order valence-electron chi connectivity index (χ2n) is 7.35. The zero-order valence-electron chi connectivity index (χ0n) is 16.1. The molecule has 5 heteroatoms. The van der Waals surface area contributed by atoms with Crippen LogP contribution in [0.1, 0.15) is 34.5 Å². The van der Waals surface area contributed by atoms with Crippen molar-refractivity contribution in [2.75, 3.05) is 13.1 Å². The van der Waals surface area contributed by atoms with E-state index < -0.39 is 0 Å². The smallest absolute Gasteiger partial charge is 0.251 e. The number of likely N-dealkylation sites (tertiary alicyclic amines) is 1. The fraction of sp³-hybridized carbons (Fsp3) is 0.304. The van der Waals surface area contributed by atoms with Gasteiger partial charge in [0, 0.05) is 42.2 Å². The third kappa shape index (κ3) is 4.49. The van der Waals surface area contributed by atoms with E-state index in [0.29, 0.717) is 0 Å². The molecule has 3 aromatic rings. The monoisotopic (exact) mass is 391 g/mol. The average Bonchev–Trinajstić information content (AvgIpc) is 3.19. The molecule has 0 saturated carbocycles. The highest BCUT2D eigenvalue weighted by molar-refractivity contribution is 7.13. The molecule has 2 heterocycles. The summed E-state index contributed by atoms with van der Waals surface area (Å²) >= 11 is 1.70. The molecule has 144 valence electrons. The maximum atomic E-state index is 12.5. The molecule has 0 aliphatic carbocycles. The number of carbonyl (C=O) groups is 1. The van der Waals surface area contributed by atoms with Crippen LogP contribution in [0.2, 0.25) is 0 Å². The van der Waals surface area contributed by atoms with Gasteiger partial charge in [0.25, 0.3) is 5.91 Å². The number of hydrogen-bond donors (Lipinski definition) is 1. The number of nitrogens with zero attached hydrogens (tertiary/aromatic N) is 2. The van der Waals surface area contributed by atoms with E-state index in [9.17, 15) is 4.79 Å². The molecule has 1 aromatic heterocycles. The van der Waals surface area contributed by atoms with Gasteiger partial charge in [-0.25, -0.2) is 4.98 Å². The number of benzene rings is 2. The first-order chi connectivity index (χ1) is 13.7. The van der Waals surface area contributed by atoms with Crippen molar-refractivity contribution in [3.8, 4) is 10.6 Å². The molecule has 1 amide bonds. The molecule has 0 bridgehead atoms. The Morgan fingerprint density at radius 2 is 1.82 bits per heavy atom. The van der Waals surface area contributed by atoms with Crippen LogP contribution in [0.4, 0.5) is 0 Å². The first kappa shape index (κ1) is 18.8. The highest BCUT2D eigenvalue weighted by Gasteiger charge is 2.22. The quantitative estimate of drug-likeness (QED) is 0.696. The first-order valence-corrected chi connectivity index (χ1v) is 10.7. The van der Waals surface area contributed by atoms with Crippen LogP contribution in [0.25, 0.3) is 10.6 Å². The van der Waals surface area contributed by atoms with Crippen molar-refractivity contribution in [1.29, 1.82) is 0 Å². The van der Waals surface area contributed by atoms with Crippen molar-refractivity contribution in [3.05, 3.63) is 76.8 Å². The summed E-state index contributed by atoms with van der Waals surface area (Å²) in [4.78, 5) is 19.7. The zero-order chi connectivity index (χ0) is 19.3. The predicted octanol–water partition coefficient (Wildman–Crippen LogP) is 4.51. The van der Waals surface area contributed by atoms with Gasteiger partial charge in [0.15, 0.2) is 0 Å². The van der Waals surface area contributed by atoms with Crippen LogP contribution in [0.5, 0.6) is 0 Å². The number of hydrogen-bond acceptors (Lipinski definition) is 4. The summed E-state index contributed by atoms with van der Waals surface area (Å²) in [6.45, 7) is 4.82. The van der Waals surface area contributed by atoms with Gasteiger partial charge in [-0.2, -0.15) is 0 Å². The van der Waals surface area contributed by atoms with E-state index in [1.807, 2.05) is 49.4 Å². The van der Waals surface area contributed by atoms with Crippen LogP contribution in [0, 0.1) is 6.92 Å².